The number of hydrogen-bond acceptors (Lipinski definition) is 2. The van der Waals surface area contributed by atoms with E-state index >= 15 is 0 Å². The van der Waals surface area contributed by atoms with E-state index in [9.17, 15) is 0 Å². The second kappa shape index (κ2) is 2.24. The molecule has 2 nitrogen and oxygen atoms in total. The topological polar surface area (TPSA) is 32.8 Å². The molecule has 0 saturated carbocycles. The summed E-state index contributed by atoms with van der Waals surface area (Å²) in [6.07, 6.45) is 0.527. The lowest BCUT2D eigenvalue weighted by Crippen LogP contribution is -1.81. The average Bonchev–Trinajstić information content (AvgIpc) is 2.67. The van der Waals surface area contributed by atoms with E-state index < -0.39 is 0 Å². The van der Waals surface area contributed by atoms with Crippen molar-refractivity contribution in [3.8, 4) is 5.75 Å². The zero-order chi connectivity index (χ0) is 7.84. The third-order valence-corrected chi connectivity index (χ3v) is 1.91. The van der Waals surface area contributed by atoms with Crippen molar-refractivity contribution in [1.82, 2.24) is 0 Å². The summed E-state index contributed by atoms with van der Waals surface area (Å²) >= 11 is 0. The number of ether oxygens (including phenoxy) is 1. The lowest BCUT2D eigenvalue weighted by atomic mass is 10.1. The molecule has 0 amide bonds. The minimum absolute atomic E-state index is 0.210. The lowest BCUT2D eigenvalue weighted by molar-refractivity contribution is 0.382. The first-order chi connectivity index (χ1) is 5.27. The molecule has 1 aromatic carbocycles. The molecule has 0 aliphatic carbocycles. The largest absolute Gasteiger partial charge is 0.508 e. The van der Waals surface area contributed by atoms with E-state index in [0.717, 1.165) is 5.56 Å². The highest BCUT2D eigenvalue weighted by Crippen LogP contribution is 2.38. The molecule has 2 heteroatoms. The van der Waals surface area contributed by atoms with Crippen LogP contribution in [0.4, 0.5) is 0 Å². The van der Waals surface area contributed by atoms with Gasteiger partial charge in [0.2, 0.25) is 0 Å². The molecule has 0 radical (unpaired) electrons. The van der Waals surface area contributed by atoms with Gasteiger partial charge in [0, 0.05) is 0 Å². The third kappa shape index (κ3) is 1.21. The molecular weight excluding hydrogens is 140 g/mol. The highest BCUT2D eigenvalue weighted by atomic mass is 16.6. The molecule has 1 aliphatic heterocycles. The van der Waals surface area contributed by atoms with Crippen molar-refractivity contribution in [2.45, 2.75) is 19.1 Å². The first kappa shape index (κ1) is 6.68. The van der Waals surface area contributed by atoms with Crippen LogP contribution >= 0.6 is 0 Å². The summed E-state index contributed by atoms with van der Waals surface area (Å²) in [5.41, 5.74) is 1.07. The normalized spacial score (nSPS) is 28.5. The molecule has 1 N–H and O–H groups in total. The molecule has 2 rings (SSSR count). The highest BCUT2D eigenvalue weighted by Gasteiger charge is 2.35. The van der Waals surface area contributed by atoms with Crippen molar-refractivity contribution in [2.75, 3.05) is 0 Å². The number of phenolic OH excluding ortho intramolecular Hbond substituents is 1. The van der Waals surface area contributed by atoms with Crippen molar-refractivity contribution in [3.05, 3.63) is 29.8 Å². The predicted octanol–water partition coefficient (Wildman–Crippen LogP) is 1.85. The van der Waals surface area contributed by atoms with Crippen LogP contribution in [-0.4, -0.2) is 11.2 Å². The molecule has 11 heavy (non-hydrogen) atoms. The highest BCUT2D eigenvalue weighted by molar-refractivity contribution is 5.30. The van der Waals surface area contributed by atoms with E-state index in [1.165, 1.54) is 0 Å². The first-order valence-corrected chi connectivity index (χ1v) is 3.72. The van der Waals surface area contributed by atoms with Crippen LogP contribution in [-0.2, 0) is 4.74 Å². The molecule has 1 aromatic rings. The lowest BCUT2D eigenvalue weighted by Gasteiger charge is -1.95. The van der Waals surface area contributed by atoms with E-state index in [0.29, 0.717) is 11.9 Å². The van der Waals surface area contributed by atoms with Gasteiger partial charge in [0.1, 0.15) is 11.9 Å². The maximum atomic E-state index is 9.12. The number of phenols is 1. The Balaban J connectivity index is 2.25. The Labute approximate surface area is 65.4 Å². The van der Waals surface area contributed by atoms with Crippen LogP contribution in [0.25, 0.3) is 0 Å². The van der Waals surface area contributed by atoms with E-state index in [1.807, 2.05) is 19.1 Å². The maximum absolute atomic E-state index is 9.12. The fourth-order valence-corrected chi connectivity index (χ4v) is 1.24. The van der Waals surface area contributed by atoms with Gasteiger partial charge in [0.25, 0.3) is 0 Å². The van der Waals surface area contributed by atoms with Gasteiger partial charge >= 0.3 is 0 Å². The summed E-state index contributed by atoms with van der Waals surface area (Å²) in [5, 5.41) is 9.12. The van der Waals surface area contributed by atoms with Gasteiger partial charge in [-0.05, 0) is 24.6 Å². The van der Waals surface area contributed by atoms with Crippen molar-refractivity contribution in [2.24, 2.45) is 0 Å². The molecule has 0 bridgehead atoms. The summed E-state index contributed by atoms with van der Waals surface area (Å²) in [7, 11) is 0. The molecule has 2 atom stereocenters. The smallest absolute Gasteiger partial charge is 0.115 e. The van der Waals surface area contributed by atoms with Gasteiger partial charge < -0.3 is 9.84 Å². The van der Waals surface area contributed by atoms with E-state index in [2.05, 4.69) is 0 Å². The quantitative estimate of drug-likeness (QED) is 0.620. The van der Waals surface area contributed by atoms with Crippen LogP contribution in [0.3, 0.4) is 0 Å². The van der Waals surface area contributed by atoms with Gasteiger partial charge in [0.15, 0.2) is 0 Å². The Bertz CT molecular complexity index is 270. The second-order valence-corrected chi connectivity index (χ2v) is 2.86. The number of aromatic hydroxyl groups is 1. The van der Waals surface area contributed by atoms with E-state index in [4.69, 9.17) is 9.84 Å². The number of benzene rings is 1. The van der Waals surface area contributed by atoms with Crippen molar-refractivity contribution in [1.29, 1.82) is 0 Å². The Kier molecular flexibility index (Phi) is 1.36. The number of hydrogen-bond donors (Lipinski definition) is 1. The molecule has 1 saturated heterocycles. The molecule has 1 heterocycles. The molecule has 0 aromatic heterocycles. The predicted molar refractivity (Wildman–Crippen MR) is 41.4 cm³/mol. The molecule has 58 valence electrons. The summed E-state index contributed by atoms with van der Waals surface area (Å²) < 4.78 is 5.25. The second-order valence-electron chi connectivity index (χ2n) is 2.86. The number of rotatable bonds is 1. The summed E-state index contributed by atoms with van der Waals surface area (Å²) in [6, 6.07) is 7.21. The Hall–Kier alpha value is -1.02. The van der Waals surface area contributed by atoms with Gasteiger partial charge in [-0.3, -0.25) is 0 Å². The Morgan fingerprint density at radius 1 is 1.45 bits per heavy atom. The Morgan fingerprint density at radius 3 is 2.73 bits per heavy atom. The van der Waals surface area contributed by atoms with Crippen molar-refractivity contribution < 1.29 is 9.84 Å². The molecule has 2 unspecified atom stereocenters. The minimum Gasteiger partial charge on any atom is -0.508 e. The van der Waals surface area contributed by atoms with Gasteiger partial charge in [0.05, 0.1) is 6.10 Å². The van der Waals surface area contributed by atoms with Crippen LogP contribution in [0.5, 0.6) is 5.75 Å². The summed E-state index contributed by atoms with van der Waals surface area (Å²) in [6.45, 7) is 2.02. The molecule has 1 fully saturated rings. The van der Waals surface area contributed by atoms with Crippen molar-refractivity contribution >= 4 is 0 Å². The first-order valence-electron chi connectivity index (χ1n) is 3.72. The Morgan fingerprint density at radius 2 is 2.18 bits per heavy atom. The molecular formula is C9H10O2. The summed E-state index contributed by atoms with van der Waals surface area (Å²) in [5.74, 6) is 0.310. The van der Waals surface area contributed by atoms with Crippen LogP contribution in [0, 0.1) is 0 Å². The molecule has 1 aliphatic rings. The van der Waals surface area contributed by atoms with E-state index in [-0.39, 0.29) is 6.10 Å². The van der Waals surface area contributed by atoms with Crippen LogP contribution in [0.1, 0.15) is 18.6 Å². The van der Waals surface area contributed by atoms with Gasteiger partial charge in [-0.15, -0.1) is 0 Å². The van der Waals surface area contributed by atoms with Gasteiger partial charge in [-0.25, -0.2) is 0 Å². The molecule has 0 spiro atoms. The zero-order valence-electron chi connectivity index (χ0n) is 6.32. The summed E-state index contributed by atoms with van der Waals surface area (Å²) in [4.78, 5) is 0. The van der Waals surface area contributed by atoms with Gasteiger partial charge in [-0.2, -0.15) is 0 Å². The van der Waals surface area contributed by atoms with Crippen LogP contribution < -0.4 is 0 Å². The monoisotopic (exact) mass is 150 g/mol. The fraction of sp³-hybridized carbons (Fsp3) is 0.333. The minimum atomic E-state index is 0.210. The standard InChI is InChI=1S/C9H10O2/c1-6-9(11-6)7-3-2-4-8(10)5-7/h2-6,9-10H,1H3. The van der Waals surface area contributed by atoms with Crippen molar-refractivity contribution in [3.63, 3.8) is 0 Å². The SMILES string of the molecule is CC1OC1c1cccc(O)c1. The van der Waals surface area contributed by atoms with Crippen LogP contribution in [0.2, 0.25) is 0 Å². The third-order valence-electron chi connectivity index (χ3n) is 1.91. The average molecular weight is 150 g/mol. The maximum Gasteiger partial charge on any atom is 0.115 e. The fourth-order valence-electron chi connectivity index (χ4n) is 1.24. The number of epoxide rings is 1. The van der Waals surface area contributed by atoms with Gasteiger partial charge in [-0.1, -0.05) is 12.1 Å². The van der Waals surface area contributed by atoms with E-state index in [1.54, 1.807) is 12.1 Å². The van der Waals surface area contributed by atoms with Crippen LogP contribution in [0.15, 0.2) is 24.3 Å². The zero-order valence-corrected chi connectivity index (χ0v) is 6.32.